The van der Waals surface area contributed by atoms with Gasteiger partial charge in [0.2, 0.25) is 12.2 Å². The lowest BCUT2D eigenvalue weighted by Gasteiger charge is -2.03. The SMILES string of the molecule is CCCCCCCCCCCCCCCCn1cc[n+](Cc2ccc(-c3ncc(-c4ccccc4)o3)cc2)c1.[Br-]. The second-order valence-electron chi connectivity index (χ2n) is 11.0. The first-order valence-corrected chi connectivity index (χ1v) is 15.5. The molecule has 0 radical (unpaired) electrons. The predicted octanol–water partition coefficient (Wildman–Crippen LogP) is 6.63. The Hall–Kier alpha value is -2.66. The van der Waals surface area contributed by atoms with Crippen molar-refractivity contribution in [3.63, 3.8) is 0 Å². The minimum atomic E-state index is 0. The van der Waals surface area contributed by atoms with Gasteiger partial charge in [-0.15, -0.1) is 0 Å². The maximum absolute atomic E-state index is 6.00. The molecule has 0 bridgehead atoms. The molecule has 0 saturated carbocycles. The van der Waals surface area contributed by atoms with E-state index in [1.54, 1.807) is 6.20 Å². The fourth-order valence-corrected chi connectivity index (χ4v) is 5.26. The Kier molecular flexibility index (Phi) is 14.9. The molecule has 2 aromatic carbocycles. The first kappa shape index (κ1) is 31.9. The van der Waals surface area contributed by atoms with Gasteiger partial charge < -0.3 is 21.4 Å². The van der Waals surface area contributed by atoms with Crippen LogP contribution in [0.1, 0.15) is 102 Å². The van der Waals surface area contributed by atoms with Gasteiger partial charge in [0.25, 0.3) is 0 Å². The van der Waals surface area contributed by atoms with E-state index in [0.29, 0.717) is 5.89 Å². The molecule has 0 aliphatic heterocycles. The van der Waals surface area contributed by atoms with Gasteiger partial charge in [-0.05, 0) is 30.5 Å². The van der Waals surface area contributed by atoms with Gasteiger partial charge in [-0.1, -0.05) is 126 Å². The molecule has 0 unspecified atom stereocenters. The molecule has 2 aromatic heterocycles. The molecular formula is C35H48BrN3O. The number of rotatable bonds is 19. The van der Waals surface area contributed by atoms with Gasteiger partial charge in [-0.2, -0.15) is 0 Å². The highest BCUT2D eigenvalue weighted by molar-refractivity contribution is 5.61. The van der Waals surface area contributed by atoms with Gasteiger partial charge in [0, 0.05) is 11.1 Å². The molecule has 216 valence electrons. The fraction of sp³-hybridized carbons (Fsp3) is 0.486. The molecule has 40 heavy (non-hydrogen) atoms. The van der Waals surface area contributed by atoms with Crippen LogP contribution in [0.3, 0.4) is 0 Å². The number of nitrogens with zero attached hydrogens (tertiary/aromatic N) is 3. The molecule has 0 spiro atoms. The Balaban J connectivity index is 0.00000441. The van der Waals surface area contributed by atoms with Crippen molar-refractivity contribution in [3.05, 3.63) is 85.1 Å². The molecule has 4 nitrogen and oxygen atoms in total. The van der Waals surface area contributed by atoms with Crippen LogP contribution in [0.5, 0.6) is 0 Å². The number of aryl methyl sites for hydroxylation is 1. The molecule has 0 saturated heterocycles. The summed E-state index contributed by atoms with van der Waals surface area (Å²) < 4.78 is 10.6. The zero-order valence-corrected chi connectivity index (χ0v) is 26.0. The van der Waals surface area contributed by atoms with E-state index < -0.39 is 0 Å². The van der Waals surface area contributed by atoms with Gasteiger partial charge in [-0.3, -0.25) is 0 Å². The number of imidazole rings is 1. The lowest BCUT2D eigenvalue weighted by Crippen LogP contribution is -3.00. The summed E-state index contributed by atoms with van der Waals surface area (Å²) in [6.45, 7) is 4.27. The lowest BCUT2D eigenvalue weighted by molar-refractivity contribution is -0.687. The summed E-state index contributed by atoms with van der Waals surface area (Å²) in [6, 6.07) is 18.6. The second-order valence-corrected chi connectivity index (χ2v) is 11.0. The zero-order valence-electron chi connectivity index (χ0n) is 24.4. The summed E-state index contributed by atoms with van der Waals surface area (Å²) in [5, 5.41) is 0. The molecule has 0 fully saturated rings. The lowest BCUT2D eigenvalue weighted by atomic mass is 10.0. The highest BCUT2D eigenvalue weighted by Gasteiger charge is 2.10. The fourth-order valence-electron chi connectivity index (χ4n) is 5.26. The van der Waals surface area contributed by atoms with Crippen LogP contribution in [0.2, 0.25) is 0 Å². The predicted molar refractivity (Wildman–Crippen MR) is 161 cm³/mol. The number of oxazole rings is 1. The number of halogens is 1. The summed E-state index contributed by atoms with van der Waals surface area (Å²) in [5.41, 5.74) is 3.32. The quantitative estimate of drug-likeness (QED) is 0.0888. The minimum Gasteiger partial charge on any atom is -1.00 e. The van der Waals surface area contributed by atoms with Crippen molar-refractivity contribution in [1.82, 2.24) is 9.55 Å². The smallest absolute Gasteiger partial charge is 0.244 e. The molecule has 4 aromatic rings. The Morgan fingerprint density at radius 2 is 1.30 bits per heavy atom. The average Bonchev–Trinajstić information content (AvgIpc) is 3.64. The number of unbranched alkanes of at least 4 members (excludes halogenated alkanes) is 13. The molecule has 0 aliphatic carbocycles. The number of hydrogen-bond acceptors (Lipinski definition) is 2. The van der Waals surface area contributed by atoms with Crippen molar-refractivity contribution >= 4 is 0 Å². The van der Waals surface area contributed by atoms with E-state index in [4.69, 9.17) is 4.42 Å². The summed E-state index contributed by atoms with van der Waals surface area (Å²) in [6.07, 6.45) is 28.1. The van der Waals surface area contributed by atoms with Gasteiger partial charge in [0.15, 0.2) is 5.76 Å². The number of benzene rings is 2. The van der Waals surface area contributed by atoms with Crippen LogP contribution < -0.4 is 21.5 Å². The van der Waals surface area contributed by atoms with Crippen LogP contribution in [0.4, 0.5) is 0 Å². The standard InChI is InChI=1S/C35H48N3O.BrH/c1-2-3-4-5-6-7-8-9-10-11-12-13-14-18-25-37-26-27-38(30-37)29-31-21-23-33(24-22-31)35-36-28-34(39-35)32-19-16-15-17-20-32;/h15-17,19-24,26-28,30H,2-14,18,25,29H2,1H3;1H/q+1;/p-1. The van der Waals surface area contributed by atoms with Crippen LogP contribution in [-0.2, 0) is 13.1 Å². The molecule has 2 heterocycles. The van der Waals surface area contributed by atoms with E-state index in [1.165, 1.54) is 95.5 Å². The van der Waals surface area contributed by atoms with Gasteiger partial charge in [0.05, 0.1) is 12.7 Å². The molecule has 0 aliphatic rings. The van der Waals surface area contributed by atoms with E-state index in [2.05, 4.69) is 64.0 Å². The summed E-state index contributed by atoms with van der Waals surface area (Å²) in [4.78, 5) is 4.48. The van der Waals surface area contributed by atoms with Crippen molar-refractivity contribution < 1.29 is 26.0 Å². The van der Waals surface area contributed by atoms with Crippen LogP contribution in [-0.4, -0.2) is 9.55 Å². The van der Waals surface area contributed by atoms with Crippen molar-refractivity contribution in [2.45, 2.75) is 110 Å². The first-order valence-electron chi connectivity index (χ1n) is 15.5. The van der Waals surface area contributed by atoms with E-state index >= 15 is 0 Å². The summed E-state index contributed by atoms with van der Waals surface area (Å²) >= 11 is 0. The maximum atomic E-state index is 6.00. The van der Waals surface area contributed by atoms with Crippen LogP contribution in [0.25, 0.3) is 22.8 Å². The third-order valence-corrected chi connectivity index (χ3v) is 7.65. The Morgan fingerprint density at radius 1 is 0.700 bits per heavy atom. The highest BCUT2D eigenvalue weighted by Crippen LogP contribution is 2.26. The molecule has 0 N–H and O–H groups in total. The monoisotopic (exact) mass is 605 g/mol. The summed E-state index contributed by atoms with van der Waals surface area (Å²) in [7, 11) is 0. The summed E-state index contributed by atoms with van der Waals surface area (Å²) in [5.74, 6) is 1.46. The van der Waals surface area contributed by atoms with Gasteiger partial charge >= 0.3 is 0 Å². The van der Waals surface area contributed by atoms with Crippen LogP contribution >= 0.6 is 0 Å². The van der Waals surface area contributed by atoms with Crippen LogP contribution in [0.15, 0.2) is 83.9 Å². The van der Waals surface area contributed by atoms with Crippen molar-refractivity contribution in [2.75, 3.05) is 0 Å². The van der Waals surface area contributed by atoms with E-state index in [0.717, 1.165) is 30.0 Å². The largest absolute Gasteiger partial charge is 1.00 e. The Labute approximate surface area is 252 Å². The molecule has 5 heteroatoms. The van der Waals surface area contributed by atoms with E-state index in [1.807, 2.05) is 30.3 Å². The third kappa shape index (κ3) is 11.1. The topological polar surface area (TPSA) is 34.8 Å². The van der Waals surface area contributed by atoms with E-state index in [9.17, 15) is 0 Å². The molecular weight excluding hydrogens is 558 g/mol. The average molecular weight is 607 g/mol. The number of hydrogen-bond donors (Lipinski definition) is 0. The molecule has 0 amide bonds. The molecule has 4 rings (SSSR count). The second kappa shape index (κ2) is 18.6. The zero-order chi connectivity index (χ0) is 27.0. The highest BCUT2D eigenvalue weighted by atomic mass is 79.9. The van der Waals surface area contributed by atoms with E-state index in [-0.39, 0.29) is 17.0 Å². The Bertz CT molecular complexity index is 1180. The van der Waals surface area contributed by atoms with Crippen molar-refractivity contribution in [1.29, 1.82) is 0 Å². The Morgan fingerprint density at radius 3 is 1.93 bits per heavy atom. The van der Waals surface area contributed by atoms with Gasteiger partial charge in [-0.25, -0.2) is 14.1 Å². The minimum absolute atomic E-state index is 0. The third-order valence-electron chi connectivity index (χ3n) is 7.65. The number of aromatic nitrogens is 3. The van der Waals surface area contributed by atoms with Crippen LogP contribution in [0, 0.1) is 0 Å². The van der Waals surface area contributed by atoms with Gasteiger partial charge in [0.1, 0.15) is 18.9 Å². The molecule has 0 atom stereocenters. The normalized spacial score (nSPS) is 11.0. The van der Waals surface area contributed by atoms with Crippen molar-refractivity contribution in [2.24, 2.45) is 0 Å². The maximum Gasteiger partial charge on any atom is 0.244 e. The first-order chi connectivity index (χ1) is 19.3. The van der Waals surface area contributed by atoms with Crippen molar-refractivity contribution in [3.8, 4) is 22.8 Å².